The van der Waals surface area contributed by atoms with Gasteiger partial charge in [0.2, 0.25) is 0 Å². The number of carbonyl (C=O) groups is 2. The Balaban J connectivity index is 1.96. The van der Waals surface area contributed by atoms with E-state index in [9.17, 15) is 9.59 Å². The average Bonchev–Trinajstić information content (AvgIpc) is 2.59. The van der Waals surface area contributed by atoms with E-state index in [1.165, 1.54) is 4.90 Å². The lowest BCUT2D eigenvalue weighted by atomic mass is 10.1. The van der Waals surface area contributed by atoms with Crippen LogP contribution in [0.3, 0.4) is 0 Å². The van der Waals surface area contributed by atoms with Crippen LogP contribution in [0.2, 0.25) is 0 Å². The molecule has 0 radical (unpaired) electrons. The highest BCUT2D eigenvalue weighted by Gasteiger charge is 2.08. The van der Waals surface area contributed by atoms with E-state index in [1.54, 1.807) is 50.5 Å². The van der Waals surface area contributed by atoms with Gasteiger partial charge >= 0.3 is 0 Å². The fraction of sp³-hybridized carbons (Fsp3) is 0.167. The minimum Gasteiger partial charge on any atom is -0.348 e. The van der Waals surface area contributed by atoms with Crippen molar-refractivity contribution in [3.63, 3.8) is 0 Å². The van der Waals surface area contributed by atoms with Crippen molar-refractivity contribution in [2.24, 2.45) is 0 Å². The molecule has 0 saturated carbocycles. The molecule has 5 nitrogen and oxygen atoms in total. The van der Waals surface area contributed by atoms with Crippen LogP contribution in [-0.4, -0.2) is 30.8 Å². The van der Waals surface area contributed by atoms with Gasteiger partial charge < -0.3 is 10.2 Å². The molecule has 2 rings (SSSR count). The molecule has 0 aliphatic heterocycles. The van der Waals surface area contributed by atoms with Crippen LogP contribution >= 0.6 is 0 Å². The zero-order chi connectivity index (χ0) is 16.8. The van der Waals surface area contributed by atoms with Crippen LogP contribution in [0.15, 0.2) is 48.5 Å². The Morgan fingerprint density at radius 3 is 2.09 bits per heavy atom. The van der Waals surface area contributed by atoms with E-state index < -0.39 is 0 Å². The molecule has 0 unspecified atom stereocenters. The van der Waals surface area contributed by atoms with Gasteiger partial charge in [-0.3, -0.25) is 9.59 Å². The second kappa shape index (κ2) is 7.23. The summed E-state index contributed by atoms with van der Waals surface area (Å²) in [6.07, 6.45) is 0. The van der Waals surface area contributed by atoms with Gasteiger partial charge in [-0.25, -0.2) is 0 Å². The maximum Gasteiger partial charge on any atom is 0.253 e. The average molecular weight is 307 g/mol. The molecular formula is C18H17N3O2. The third-order valence-corrected chi connectivity index (χ3v) is 3.34. The molecule has 2 amide bonds. The smallest absolute Gasteiger partial charge is 0.253 e. The second-order valence-electron chi connectivity index (χ2n) is 5.27. The van der Waals surface area contributed by atoms with E-state index in [0.717, 1.165) is 5.56 Å². The first-order valence-corrected chi connectivity index (χ1v) is 7.10. The van der Waals surface area contributed by atoms with Gasteiger partial charge in [-0.2, -0.15) is 5.26 Å². The zero-order valence-corrected chi connectivity index (χ0v) is 13.0. The van der Waals surface area contributed by atoms with Gasteiger partial charge in [0.05, 0.1) is 11.6 Å². The summed E-state index contributed by atoms with van der Waals surface area (Å²) in [6, 6.07) is 15.6. The summed E-state index contributed by atoms with van der Waals surface area (Å²) in [5.74, 6) is -0.263. The Kier molecular flexibility index (Phi) is 5.11. The molecular weight excluding hydrogens is 290 g/mol. The first kappa shape index (κ1) is 16.2. The molecule has 0 bridgehead atoms. The highest BCUT2D eigenvalue weighted by Crippen LogP contribution is 2.07. The van der Waals surface area contributed by atoms with E-state index in [1.807, 2.05) is 18.2 Å². The fourth-order valence-corrected chi connectivity index (χ4v) is 2.00. The third-order valence-electron chi connectivity index (χ3n) is 3.34. The van der Waals surface area contributed by atoms with Crippen molar-refractivity contribution < 1.29 is 9.59 Å². The number of hydrogen-bond donors (Lipinski definition) is 1. The Labute approximate surface area is 135 Å². The number of amides is 2. The normalized spacial score (nSPS) is 9.78. The van der Waals surface area contributed by atoms with Gasteiger partial charge in [0, 0.05) is 31.8 Å². The summed E-state index contributed by atoms with van der Waals surface area (Å²) in [7, 11) is 3.40. The summed E-state index contributed by atoms with van der Waals surface area (Å²) < 4.78 is 0. The molecule has 5 heteroatoms. The number of nitriles is 1. The molecule has 2 aromatic rings. The third kappa shape index (κ3) is 4.17. The minimum absolute atomic E-state index is 0.0573. The summed E-state index contributed by atoms with van der Waals surface area (Å²) >= 11 is 0. The van der Waals surface area contributed by atoms with Crippen molar-refractivity contribution in [2.75, 3.05) is 14.1 Å². The molecule has 2 aromatic carbocycles. The topological polar surface area (TPSA) is 73.2 Å². The van der Waals surface area contributed by atoms with E-state index in [2.05, 4.69) is 5.32 Å². The van der Waals surface area contributed by atoms with E-state index in [-0.39, 0.29) is 11.8 Å². The maximum atomic E-state index is 12.0. The van der Waals surface area contributed by atoms with Crippen LogP contribution in [-0.2, 0) is 6.54 Å². The van der Waals surface area contributed by atoms with Gasteiger partial charge in [-0.1, -0.05) is 12.1 Å². The van der Waals surface area contributed by atoms with Crippen molar-refractivity contribution in [1.29, 1.82) is 5.26 Å². The van der Waals surface area contributed by atoms with Gasteiger partial charge in [-0.05, 0) is 42.0 Å². The van der Waals surface area contributed by atoms with Crippen LogP contribution in [0.4, 0.5) is 0 Å². The Bertz CT molecular complexity index is 741. The standard InChI is InChI=1S/C18H17N3O2/c1-21(2)18(23)16-9-5-14(6-10-16)12-20-17(22)15-7-3-13(11-19)4-8-15/h3-10H,12H2,1-2H3,(H,20,22). The van der Waals surface area contributed by atoms with Gasteiger partial charge in [0.1, 0.15) is 0 Å². The molecule has 0 atom stereocenters. The predicted molar refractivity (Wildman–Crippen MR) is 86.8 cm³/mol. The first-order chi connectivity index (χ1) is 11.0. The van der Waals surface area contributed by atoms with Crippen LogP contribution in [0.5, 0.6) is 0 Å². The van der Waals surface area contributed by atoms with E-state index in [0.29, 0.717) is 23.2 Å². The number of nitrogens with one attached hydrogen (secondary N) is 1. The monoisotopic (exact) mass is 307 g/mol. The summed E-state index contributed by atoms with van der Waals surface area (Å²) in [5, 5.41) is 11.5. The highest BCUT2D eigenvalue weighted by molar-refractivity contribution is 5.94. The summed E-state index contributed by atoms with van der Waals surface area (Å²) in [5.41, 5.74) is 2.53. The highest BCUT2D eigenvalue weighted by atomic mass is 16.2. The Morgan fingerprint density at radius 2 is 1.57 bits per heavy atom. The number of carbonyl (C=O) groups excluding carboxylic acids is 2. The molecule has 0 aromatic heterocycles. The quantitative estimate of drug-likeness (QED) is 0.941. The molecule has 0 aliphatic rings. The molecule has 0 aliphatic carbocycles. The lowest BCUT2D eigenvalue weighted by molar-refractivity contribution is 0.0827. The van der Waals surface area contributed by atoms with E-state index >= 15 is 0 Å². The molecule has 0 fully saturated rings. The SMILES string of the molecule is CN(C)C(=O)c1ccc(CNC(=O)c2ccc(C#N)cc2)cc1. The molecule has 0 spiro atoms. The lowest BCUT2D eigenvalue weighted by Gasteiger charge is -2.11. The largest absolute Gasteiger partial charge is 0.348 e. The Morgan fingerprint density at radius 1 is 1.00 bits per heavy atom. The Hall–Kier alpha value is -3.13. The molecule has 0 saturated heterocycles. The lowest BCUT2D eigenvalue weighted by Crippen LogP contribution is -2.23. The number of benzene rings is 2. The van der Waals surface area contributed by atoms with Crippen LogP contribution < -0.4 is 5.32 Å². The molecule has 23 heavy (non-hydrogen) atoms. The van der Waals surface area contributed by atoms with Crippen molar-refractivity contribution >= 4 is 11.8 Å². The molecule has 1 N–H and O–H groups in total. The maximum absolute atomic E-state index is 12.0. The van der Waals surface area contributed by atoms with Crippen molar-refractivity contribution in [3.05, 3.63) is 70.8 Å². The van der Waals surface area contributed by atoms with Crippen LogP contribution in [0, 0.1) is 11.3 Å². The van der Waals surface area contributed by atoms with Crippen molar-refractivity contribution in [1.82, 2.24) is 10.2 Å². The minimum atomic E-state index is -0.206. The van der Waals surface area contributed by atoms with E-state index in [4.69, 9.17) is 5.26 Å². The van der Waals surface area contributed by atoms with Crippen LogP contribution in [0.1, 0.15) is 31.8 Å². The molecule has 0 heterocycles. The first-order valence-electron chi connectivity index (χ1n) is 7.10. The summed E-state index contributed by atoms with van der Waals surface area (Å²) in [4.78, 5) is 25.3. The molecule has 116 valence electrons. The van der Waals surface area contributed by atoms with Gasteiger partial charge in [0.15, 0.2) is 0 Å². The van der Waals surface area contributed by atoms with Gasteiger partial charge in [0.25, 0.3) is 11.8 Å². The zero-order valence-electron chi connectivity index (χ0n) is 13.0. The number of nitrogens with zero attached hydrogens (tertiary/aromatic N) is 2. The number of hydrogen-bond acceptors (Lipinski definition) is 3. The predicted octanol–water partition coefficient (Wildman–Crippen LogP) is 2.19. The second-order valence-corrected chi connectivity index (χ2v) is 5.27. The van der Waals surface area contributed by atoms with Crippen molar-refractivity contribution in [3.8, 4) is 6.07 Å². The van der Waals surface area contributed by atoms with Crippen molar-refractivity contribution in [2.45, 2.75) is 6.54 Å². The fourth-order valence-electron chi connectivity index (χ4n) is 2.00. The summed E-state index contributed by atoms with van der Waals surface area (Å²) in [6.45, 7) is 0.370. The number of rotatable bonds is 4. The van der Waals surface area contributed by atoms with Gasteiger partial charge in [-0.15, -0.1) is 0 Å². The van der Waals surface area contributed by atoms with Crippen LogP contribution in [0.25, 0.3) is 0 Å².